The average Bonchev–Trinajstić information content (AvgIpc) is 2.89. The summed E-state index contributed by atoms with van der Waals surface area (Å²) in [6, 6.07) is 6.13. The van der Waals surface area contributed by atoms with Crippen molar-refractivity contribution in [2.45, 2.75) is 38.7 Å². The molecule has 0 spiro atoms. The van der Waals surface area contributed by atoms with Crippen molar-refractivity contribution in [3.8, 4) is 5.75 Å². The van der Waals surface area contributed by atoms with Gasteiger partial charge in [0, 0.05) is 24.9 Å². The topological polar surface area (TPSA) is 30.5 Å². The van der Waals surface area contributed by atoms with E-state index in [9.17, 15) is 0 Å². The van der Waals surface area contributed by atoms with Crippen LogP contribution >= 0.6 is 0 Å². The molecule has 100 valence electrons. The van der Waals surface area contributed by atoms with Gasteiger partial charge in [-0.2, -0.15) is 0 Å². The third-order valence-corrected chi connectivity index (χ3v) is 3.49. The number of nitrogens with one attached hydrogen (secondary N) is 1. The second-order valence-electron chi connectivity index (χ2n) is 4.88. The van der Waals surface area contributed by atoms with E-state index in [4.69, 9.17) is 9.47 Å². The van der Waals surface area contributed by atoms with Gasteiger partial charge >= 0.3 is 0 Å². The minimum Gasteiger partial charge on any atom is -0.497 e. The zero-order chi connectivity index (χ0) is 12.8. The van der Waals surface area contributed by atoms with E-state index in [1.807, 2.05) is 6.07 Å². The number of rotatable bonds is 6. The Bertz CT molecular complexity index is 373. The highest BCUT2D eigenvalue weighted by Gasteiger charge is 2.14. The lowest BCUT2D eigenvalue weighted by Gasteiger charge is -2.12. The second kappa shape index (κ2) is 6.64. The fourth-order valence-electron chi connectivity index (χ4n) is 2.34. The summed E-state index contributed by atoms with van der Waals surface area (Å²) in [6.45, 7) is 4.06. The van der Waals surface area contributed by atoms with Crippen molar-refractivity contribution in [2.75, 3.05) is 25.6 Å². The molecule has 1 atom stereocenters. The summed E-state index contributed by atoms with van der Waals surface area (Å²) in [5.41, 5.74) is 2.43. The van der Waals surface area contributed by atoms with E-state index in [-0.39, 0.29) is 0 Å². The largest absolute Gasteiger partial charge is 0.497 e. The Labute approximate surface area is 109 Å². The van der Waals surface area contributed by atoms with Crippen LogP contribution in [0.15, 0.2) is 18.2 Å². The molecule has 1 aromatic carbocycles. The van der Waals surface area contributed by atoms with E-state index in [1.54, 1.807) is 7.11 Å². The van der Waals surface area contributed by atoms with Crippen molar-refractivity contribution in [1.29, 1.82) is 0 Å². The van der Waals surface area contributed by atoms with E-state index >= 15 is 0 Å². The number of anilines is 1. The first kappa shape index (κ1) is 13.2. The lowest BCUT2D eigenvalue weighted by molar-refractivity contribution is 0.103. The summed E-state index contributed by atoms with van der Waals surface area (Å²) in [7, 11) is 1.70. The molecule has 2 rings (SSSR count). The maximum Gasteiger partial charge on any atom is 0.120 e. The maximum absolute atomic E-state index is 5.62. The Morgan fingerprint density at radius 3 is 3.06 bits per heavy atom. The maximum atomic E-state index is 5.62. The molecule has 1 aliphatic rings. The van der Waals surface area contributed by atoms with Crippen LogP contribution in [0.4, 0.5) is 5.69 Å². The molecule has 0 amide bonds. The number of ether oxygens (including phenoxy) is 2. The minimum absolute atomic E-state index is 0.498. The SMILES string of the molecule is COc1ccc(C)c(NCCCC2CCCO2)c1. The van der Waals surface area contributed by atoms with Gasteiger partial charge in [0.2, 0.25) is 0 Å². The van der Waals surface area contributed by atoms with E-state index in [1.165, 1.54) is 24.1 Å². The molecule has 0 aromatic heterocycles. The summed E-state index contributed by atoms with van der Waals surface area (Å²) in [5.74, 6) is 0.905. The molecular formula is C15H23NO2. The zero-order valence-electron chi connectivity index (χ0n) is 11.4. The van der Waals surface area contributed by atoms with Crippen LogP contribution < -0.4 is 10.1 Å². The molecule has 3 heteroatoms. The lowest BCUT2D eigenvalue weighted by atomic mass is 10.1. The van der Waals surface area contributed by atoms with Gasteiger partial charge in [0.15, 0.2) is 0 Å². The first-order valence-electron chi connectivity index (χ1n) is 6.79. The molecule has 0 radical (unpaired) electrons. The fourth-order valence-corrected chi connectivity index (χ4v) is 2.34. The van der Waals surface area contributed by atoms with Crippen LogP contribution in [0.25, 0.3) is 0 Å². The summed E-state index contributed by atoms with van der Waals surface area (Å²) in [4.78, 5) is 0. The van der Waals surface area contributed by atoms with Gasteiger partial charge < -0.3 is 14.8 Å². The summed E-state index contributed by atoms with van der Waals surface area (Å²) >= 11 is 0. The highest BCUT2D eigenvalue weighted by atomic mass is 16.5. The highest BCUT2D eigenvalue weighted by Crippen LogP contribution is 2.22. The Morgan fingerprint density at radius 1 is 1.44 bits per heavy atom. The Kier molecular flexibility index (Phi) is 4.88. The quantitative estimate of drug-likeness (QED) is 0.784. The molecular weight excluding hydrogens is 226 g/mol. The number of hydrogen-bond donors (Lipinski definition) is 1. The van der Waals surface area contributed by atoms with E-state index < -0.39 is 0 Å². The summed E-state index contributed by atoms with van der Waals surface area (Å²) in [6.07, 6.45) is 5.28. The van der Waals surface area contributed by atoms with Gasteiger partial charge in [0.25, 0.3) is 0 Å². The molecule has 1 fully saturated rings. The average molecular weight is 249 g/mol. The number of aryl methyl sites for hydroxylation is 1. The van der Waals surface area contributed by atoms with Crippen molar-refractivity contribution >= 4 is 5.69 Å². The first-order chi connectivity index (χ1) is 8.79. The van der Waals surface area contributed by atoms with Gasteiger partial charge in [-0.3, -0.25) is 0 Å². The van der Waals surface area contributed by atoms with Crippen LogP contribution in [-0.4, -0.2) is 26.4 Å². The van der Waals surface area contributed by atoms with Gasteiger partial charge in [0.1, 0.15) is 5.75 Å². The molecule has 1 unspecified atom stereocenters. The van der Waals surface area contributed by atoms with Crippen molar-refractivity contribution < 1.29 is 9.47 Å². The molecule has 0 saturated carbocycles. The molecule has 1 aromatic rings. The van der Waals surface area contributed by atoms with Gasteiger partial charge in [-0.15, -0.1) is 0 Å². The molecule has 3 nitrogen and oxygen atoms in total. The molecule has 1 saturated heterocycles. The smallest absolute Gasteiger partial charge is 0.120 e. The lowest BCUT2D eigenvalue weighted by Crippen LogP contribution is -2.09. The monoisotopic (exact) mass is 249 g/mol. The van der Waals surface area contributed by atoms with E-state index in [0.717, 1.165) is 31.7 Å². The van der Waals surface area contributed by atoms with Crippen molar-refractivity contribution in [2.24, 2.45) is 0 Å². The Morgan fingerprint density at radius 2 is 2.33 bits per heavy atom. The molecule has 1 N–H and O–H groups in total. The molecule has 0 aliphatic carbocycles. The van der Waals surface area contributed by atoms with Gasteiger partial charge in [-0.05, 0) is 44.2 Å². The number of methoxy groups -OCH3 is 1. The second-order valence-corrected chi connectivity index (χ2v) is 4.88. The zero-order valence-corrected chi connectivity index (χ0v) is 11.4. The predicted molar refractivity (Wildman–Crippen MR) is 74.4 cm³/mol. The van der Waals surface area contributed by atoms with Crippen LogP contribution in [0.5, 0.6) is 5.75 Å². The van der Waals surface area contributed by atoms with Crippen molar-refractivity contribution in [1.82, 2.24) is 0 Å². The van der Waals surface area contributed by atoms with Crippen molar-refractivity contribution in [3.05, 3.63) is 23.8 Å². The van der Waals surface area contributed by atoms with E-state index in [2.05, 4.69) is 24.4 Å². The first-order valence-corrected chi connectivity index (χ1v) is 6.79. The molecule has 1 aliphatic heterocycles. The number of benzene rings is 1. The van der Waals surface area contributed by atoms with Crippen molar-refractivity contribution in [3.63, 3.8) is 0 Å². The summed E-state index contributed by atoms with van der Waals surface area (Å²) in [5, 5.41) is 3.48. The van der Waals surface area contributed by atoms with Gasteiger partial charge in [-0.25, -0.2) is 0 Å². The van der Waals surface area contributed by atoms with Crippen LogP contribution in [0.3, 0.4) is 0 Å². The van der Waals surface area contributed by atoms with Crippen LogP contribution in [0.2, 0.25) is 0 Å². The van der Waals surface area contributed by atoms with Gasteiger partial charge in [-0.1, -0.05) is 6.07 Å². The Hall–Kier alpha value is -1.22. The van der Waals surface area contributed by atoms with Crippen LogP contribution in [0, 0.1) is 6.92 Å². The van der Waals surface area contributed by atoms with Gasteiger partial charge in [0.05, 0.1) is 13.2 Å². The predicted octanol–water partition coefficient (Wildman–Crippen LogP) is 3.37. The highest BCUT2D eigenvalue weighted by molar-refractivity contribution is 5.54. The molecule has 1 heterocycles. The molecule has 18 heavy (non-hydrogen) atoms. The third kappa shape index (κ3) is 3.64. The number of hydrogen-bond acceptors (Lipinski definition) is 3. The summed E-state index contributed by atoms with van der Waals surface area (Å²) < 4.78 is 10.9. The normalized spacial score (nSPS) is 18.9. The molecule has 0 bridgehead atoms. The van der Waals surface area contributed by atoms with Crippen LogP contribution in [-0.2, 0) is 4.74 Å². The fraction of sp³-hybridized carbons (Fsp3) is 0.600. The standard InChI is InChI=1S/C15H23NO2/c1-12-7-8-14(17-2)11-15(12)16-9-3-5-13-6-4-10-18-13/h7-8,11,13,16H,3-6,9-10H2,1-2H3. The Balaban J connectivity index is 1.75. The third-order valence-electron chi connectivity index (χ3n) is 3.49. The van der Waals surface area contributed by atoms with E-state index in [0.29, 0.717) is 6.10 Å². The minimum atomic E-state index is 0.498. The van der Waals surface area contributed by atoms with Crippen LogP contribution in [0.1, 0.15) is 31.2 Å².